The quantitative estimate of drug-likeness (QED) is 0.626. The van der Waals surface area contributed by atoms with Gasteiger partial charge in [0.2, 0.25) is 0 Å². The van der Waals surface area contributed by atoms with Crippen LogP contribution in [0.2, 0.25) is 0 Å². The van der Waals surface area contributed by atoms with Gasteiger partial charge in [0.25, 0.3) is 5.91 Å². The van der Waals surface area contributed by atoms with Crippen LogP contribution in [0.1, 0.15) is 49.4 Å². The van der Waals surface area contributed by atoms with Crippen LogP contribution in [-0.4, -0.2) is 23.4 Å². The van der Waals surface area contributed by atoms with E-state index < -0.39 is 0 Å². The number of benzene rings is 2. The zero-order chi connectivity index (χ0) is 17.6. The number of carbonyl (C=O) groups is 1. The minimum Gasteiger partial charge on any atom is -0.336 e. The van der Waals surface area contributed by atoms with Gasteiger partial charge >= 0.3 is 0 Å². The van der Waals surface area contributed by atoms with Crippen molar-refractivity contribution in [3.8, 4) is 11.1 Å². The van der Waals surface area contributed by atoms with Gasteiger partial charge in [0.05, 0.1) is 0 Å². The standard InChI is InChI=1S/C21H27N3O/c1-2-7-20-12-3-4-13-24(20)21(25)18-10-5-8-16(14-18)17-9-6-11-19(15-17)23-22/h5-6,8-11,14-15,20,23H,2-4,7,12-13,22H2,1H3. The Morgan fingerprint density at radius 1 is 1.16 bits per heavy atom. The van der Waals surface area contributed by atoms with Gasteiger partial charge in [-0.05, 0) is 61.1 Å². The Morgan fingerprint density at radius 2 is 1.92 bits per heavy atom. The van der Waals surface area contributed by atoms with E-state index in [0.29, 0.717) is 6.04 Å². The predicted molar refractivity (Wildman–Crippen MR) is 103 cm³/mol. The molecule has 4 nitrogen and oxygen atoms in total. The molecule has 1 aliphatic heterocycles. The fourth-order valence-corrected chi connectivity index (χ4v) is 3.69. The van der Waals surface area contributed by atoms with E-state index in [1.165, 1.54) is 6.42 Å². The van der Waals surface area contributed by atoms with Crippen LogP contribution in [0.25, 0.3) is 11.1 Å². The number of hydrogen-bond donors (Lipinski definition) is 2. The van der Waals surface area contributed by atoms with Gasteiger partial charge in [-0.2, -0.15) is 0 Å². The molecule has 0 aromatic heterocycles. The van der Waals surface area contributed by atoms with Crippen molar-refractivity contribution in [1.82, 2.24) is 4.90 Å². The fraction of sp³-hybridized carbons (Fsp3) is 0.381. The summed E-state index contributed by atoms with van der Waals surface area (Å²) in [7, 11) is 0. The molecule has 132 valence electrons. The number of hydrogen-bond acceptors (Lipinski definition) is 3. The van der Waals surface area contributed by atoms with E-state index in [-0.39, 0.29) is 5.91 Å². The van der Waals surface area contributed by atoms with Crippen LogP contribution in [-0.2, 0) is 0 Å². The van der Waals surface area contributed by atoms with Crippen LogP contribution in [0.15, 0.2) is 48.5 Å². The summed E-state index contributed by atoms with van der Waals surface area (Å²) in [6.45, 7) is 3.07. The number of nitrogens with two attached hydrogens (primary N) is 1. The summed E-state index contributed by atoms with van der Waals surface area (Å²) < 4.78 is 0. The number of piperidine rings is 1. The van der Waals surface area contributed by atoms with Crippen molar-refractivity contribution in [1.29, 1.82) is 0 Å². The molecule has 1 saturated heterocycles. The largest absolute Gasteiger partial charge is 0.336 e. The molecule has 2 aromatic carbocycles. The molecule has 25 heavy (non-hydrogen) atoms. The van der Waals surface area contributed by atoms with E-state index in [4.69, 9.17) is 5.84 Å². The van der Waals surface area contributed by atoms with Crippen molar-refractivity contribution < 1.29 is 4.79 Å². The topological polar surface area (TPSA) is 58.4 Å². The normalized spacial score (nSPS) is 17.4. The zero-order valence-corrected chi connectivity index (χ0v) is 14.9. The highest BCUT2D eigenvalue weighted by atomic mass is 16.2. The number of nitrogens with one attached hydrogen (secondary N) is 1. The average Bonchev–Trinajstić information content (AvgIpc) is 2.68. The molecule has 0 bridgehead atoms. The molecule has 1 atom stereocenters. The highest BCUT2D eigenvalue weighted by molar-refractivity contribution is 5.95. The smallest absolute Gasteiger partial charge is 0.254 e. The van der Waals surface area contributed by atoms with Gasteiger partial charge in [0.1, 0.15) is 0 Å². The Kier molecular flexibility index (Phi) is 5.71. The second-order valence-electron chi connectivity index (χ2n) is 6.74. The highest BCUT2D eigenvalue weighted by Crippen LogP contribution is 2.26. The molecular weight excluding hydrogens is 310 g/mol. The van der Waals surface area contributed by atoms with Crippen molar-refractivity contribution in [3.63, 3.8) is 0 Å². The van der Waals surface area contributed by atoms with Gasteiger partial charge in [-0.3, -0.25) is 10.6 Å². The van der Waals surface area contributed by atoms with Crippen molar-refractivity contribution in [2.45, 2.75) is 45.1 Å². The Labute approximate surface area is 150 Å². The SMILES string of the molecule is CCCC1CCCCN1C(=O)c1cccc(-c2cccc(NN)c2)c1. The molecule has 3 rings (SSSR count). The average molecular weight is 337 g/mol. The zero-order valence-electron chi connectivity index (χ0n) is 14.9. The number of nitrogens with zero attached hydrogens (tertiary/aromatic N) is 1. The summed E-state index contributed by atoms with van der Waals surface area (Å²) in [6, 6.07) is 16.2. The minimum absolute atomic E-state index is 0.160. The lowest BCUT2D eigenvalue weighted by Crippen LogP contribution is -2.43. The minimum atomic E-state index is 0.160. The van der Waals surface area contributed by atoms with Crippen LogP contribution in [0.3, 0.4) is 0 Å². The third-order valence-corrected chi connectivity index (χ3v) is 4.98. The third kappa shape index (κ3) is 4.02. The maximum Gasteiger partial charge on any atom is 0.254 e. The Bertz CT molecular complexity index is 727. The van der Waals surface area contributed by atoms with Gasteiger partial charge in [-0.15, -0.1) is 0 Å². The fourth-order valence-electron chi connectivity index (χ4n) is 3.69. The molecule has 1 fully saturated rings. The molecule has 1 heterocycles. The third-order valence-electron chi connectivity index (χ3n) is 4.98. The molecule has 1 aliphatic rings. The summed E-state index contributed by atoms with van der Waals surface area (Å²) in [5, 5.41) is 0. The Hall–Kier alpha value is -2.33. The lowest BCUT2D eigenvalue weighted by molar-refractivity contribution is 0.0600. The van der Waals surface area contributed by atoms with E-state index in [2.05, 4.69) is 17.2 Å². The molecule has 1 amide bonds. The highest BCUT2D eigenvalue weighted by Gasteiger charge is 2.26. The maximum absolute atomic E-state index is 13.1. The molecule has 0 spiro atoms. The maximum atomic E-state index is 13.1. The first-order valence-electron chi connectivity index (χ1n) is 9.21. The van der Waals surface area contributed by atoms with Gasteiger partial charge < -0.3 is 10.3 Å². The van der Waals surface area contributed by atoms with E-state index in [9.17, 15) is 4.79 Å². The summed E-state index contributed by atoms with van der Waals surface area (Å²) in [4.78, 5) is 15.2. The van der Waals surface area contributed by atoms with Gasteiger partial charge in [-0.1, -0.05) is 37.6 Å². The predicted octanol–water partition coefficient (Wildman–Crippen LogP) is 4.43. The van der Waals surface area contributed by atoms with Gasteiger partial charge in [0.15, 0.2) is 0 Å². The number of carbonyl (C=O) groups excluding carboxylic acids is 1. The van der Waals surface area contributed by atoms with Crippen molar-refractivity contribution in [2.24, 2.45) is 5.84 Å². The summed E-state index contributed by atoms with van der Waals surface area (Å²) in [5.41, 5.74) is 6.38. The van der Waals surface area contributed by atoms with Crippen molar-refractivity contribution in [2.75, 3.05) is 12.0 Å². The first-order chi connectivity index (χ1) is 12.2. The number of rotatable bonds is 5. The molecule has 4 heteroatoms. The van der Waals surface area contributed by atoms with Crippen molar-refractivity contribution in [3.05, 3.63) is 54.1 Å². The first-order valence-corrected chi connectivity index (χ1v) is 9.21. The molecule has 3 N–H and O–H groups in total. The molecule has 0 aliphatic carbocycles. The second-order valence-corrected chi connectivity index (χ2v) is 6.74. The number of anilines is 1. The molecule has 2 aromatic rings. The molecule has 0 saturated carbocycles. The van der Waals surface area contributed by atoms with Crippen LogP contribution >= 0.6 is 0 Å². The molecule has 0 radical (unpaired) electrons. The second kappa shape index (κ2) is 8.17. The van der Waals surface area contributed by atoms with Crippen LogP contribution in [0, 0.1) is 0 Å². The van der Waals surface area contributed by atoms with E-state index in [1.54, 1.807) is 0 Å². The lowest BCUT2D eigenvalue weighted by Gasteiger charge is -2.36. The molecular formula is C21H27N3O. The number of hydrazine groups is 1. The van der Waals surface area contributed by atoms with Gasteiger partial charge in [0, 0.05) is 23.8 Å². The van der Waals surface area contributed by atoms with Crippen LogP contribution in [0.4, 0.5) is 5.69 Å². The monoisotopic (exact) mass is 337 g/mol. The van der Waals surface area contributed by atoms with Crippen LogP contribution in [0.5, 0.6) is 0 Å². The van der Waals surface area contributed by atoms with E-state index in [1.807, 2.05) is 48.5 Å². The number of nitrogen functional groups attached to an aromatic ring is 1. The van der Waals surface area contributed by atoms with E-state index >= 15 is 0 Å². The summed E-state index contributed by atoms with van der Waals surface area (Å²) in [5.74, 6) is 5.67. The Morgan fingerprint density at radius 3 is 2.68 bits per heavy atom. The summed E-state index contributed by atoms with van der Waals surface area (Å²) in [6.07, 6.45) is 5.68. The van der Waals surface area contributed by atoms with Gasteiger partial charge in [-0.25, -0.2) is 0 Å². The van der Waals surface area contributed by atoms with Crippen molar-refractivity contribution >= 4 is 11.6 Å². The molecule has 1 unspecified atom stereocenters. The van der Waals surface area contributed by atoms with Crippen LogP contribution < -0.4 is 11.3 Å². The Balaban J connectivity index is 1.86. The lowest BCUT2D eigenvalue weighted by atomic mass is 9.96. The summed E-state index contributed by atoms with van der Waals surface area (Å²) >= 11 is 0. The number of likely N-dealkylation sites (tertiary alicyclic amines) is 1. The van der Waals surface area contributed by atoms with E-state index in [0.717, 1.165) is 54.6 Å². The first kappa shape index (κ1) is 17.5. The number of amides is 1.